The standard InChI is InChI=1S/C14H21N3O2/c1-9-6-12(16-15-9)11-4-3-5-17(8-11)13-7-10(2)19-14(13)18/h6,10-11,13H,3-5,7-8H2,1-2H3,(H,15,16)/t10-,11-,13+/m1/s1. The molecular formula is C14H21N3O2. The van der Waals surface area contributed by atoms with Gasteiger partial charge in [-0.2, -0.15) is 5.10 Å². The van der Waals surface area contributed by atoms with Crippen LogP contribution < -0.4 is 0 Å². The number of likely N-dealkylation sites (tertiary alicyclic amines) is 1. The van der Waals surface area contributed by atoms with Gasteiger partial charge in [-0.05, 0) is 39.3 Å². The van der Waals surface area contributed by atoms with E-state index in [4.69, 9.17) is 4.74 Å². The second kappa shape index (κ2) is 4.96. The van der Waals surface area contributed by atoms with Crippen molar-refractivity contribution in [1.82, 2.24) is 15.1 Å². The molecule has 0 bridgehead atoms. The number of ether oxygens (including phenoxy) is 1. The SMILES string of the molecule is Cc1cc([C@@H]2CCCN([C@H]3C[C@@H](C)OC3=O)C2)n[nH]1. The number of esters is 1. The number of nitrogens with one attached hydrogen (secondary N) is 1. The largest absolute Gasteiger partial charge is 0.461 e. The number of cyclic esters (lactones) is 1. The Labute approximate surface area is 113 Å². The predicted molar refractivity (Wildman–Crippen MR) is 70.8 cm³/mol. The van der Waals surface area contributed by atoms with Gasteiger partial charge in [-0.25, -0.2) is 0 Å². The van der Waals surface area contributed by atoms with Crippen LogP contribution in [0.3, 0.4) is 0 Å². The second-order valence-corrected chi connectivity index (χ2v) is 5.81. The number of rotatable bonds is 2. The molecule has 104 valence electrons. The van der Waals surface area contributed by atoms with Gasteiger partial charge in [0.05, 0.1) is 5.69 Å². The fourth-order valence-electron chi connectivity index (χ4n) is 3.21. The van der Waals surface area contributed by atoms with Crippen LogP contribution in [0, 0.1) is 6.92 Å². The molecule has 3 atom stereocenters. The quantitative estimate of drug-likeness (QED) is 0.823. The fourth-order valence-corrected chi connectivity index (χ4v) is 3.21. The minimum Gasteiger partial charge on any atom is -0.461 e. The van der Waals surface area contributed by atoms with Gasteiger partial charge in [0.15, 0.2) is 0 Å². The van der Waals surface area contributed by atoms with Crippen molar-refractivity contribution >= 4 is 5.97 Å². The summed E-state index contributed by atoms with van der Waals surface area (Å²) in [6.07, 6.45) is 3.16. The summed E-state index contributed by atoms with van der Waals surface area (Å²) in [6.45, 7) is 5.90. The minimum atomic E-state index is -0.0497. The van der Waals surface area contributed by atoms with E-state index in [0.29, 0.717) is 5.92 Å². The molecular weight excluding hydrogens is 242 g/mol. The zero-order valence-electron chi connectivity index (χ0n) is 11.6. The smallest absolute Gasteiger partial charge is 0.323 e. The van der Waals surface area contributed by atoms with Gasteiger partial charge in [-0.1, -0.05) is 0 Å². The van der Waals surface area contributed by atoms with Gasteiger partial charge in [0, 0.05) is 24.6 Å². The zero-order chi connectivity index (χ0) is 13.4. The minimum absolute atomic E-state index is 0.0437. The van der Waals surface area contributed by atoms with E-state index in [-0.39, 0.29) is 18.1 Å². The van der Waals surface area contributed by atoms with Gasteiger partial charge < -0.3 is 4.74 Å². The van der Waals surface area contributed by atoms with Crippen LogP contribution in [-0.2, 0) is 9.53 Å². The number of aryl methyl sites for hydroxylation is 1. The summed E-state index contributed by atoms with van der Waals surface area (Å²) in [7, 11) is 0. The lowest BCUT2D eigenvalue weighted by molar-refractivity contribution is -0.145. The molecule has 2 aliphatic heterocycles. The number of hydrogen-bond acceptors (Lipinski definition) is 4. The van der Waals surface area contributed by atoms with Crippen molar-refractivity contribution in [3.05, 3.63) is 17.5 Å². The van der Waals surface area contributed by atoms with E-state index in [9.17, 15) is 4.79 Å². The highest BCUT2D eigenvalue weighted by molar-refractivity contribution is 5.78. The van der Waals surface area contributed by atoms with Crippen LogP contribution in [0.25, 0.3) is 0 Å². The molecule has 19 heavy (non-hydrogen) atoms. The van der Waals surface area contributed by atoms with Gasteiger partial charge in [-0.3, -0.25) is 14.8 Å². The van der Waals surface area contributed by atoms with E-state index in [0.717, 1.165) is 43.7 Å². The Kier molecular flexibility index (Phi) is 3.31. The number of nitrogens with zero attached hydrogens (tertiary/aromatic N) is 2. The molecule has 5 heteroatoms. The molecule has 1 aromatic rings. The first-order chi connectivity index (χ1) is 9.13. The van der Waals surface area contributed by atoms with Crippen LogP contribution in [-0.4, -0.2) is 46.3 Å². The van der Waals surface area contributed by atoms with Crippen molar-refractivity contribution in [3.63, 3.8) is 0 Å². The molecule has 0 spiro atoms. The first-order valence-corrected chi connectivity index (χ1v) is 7.10. The Morgan fingerprint density at radius 3 is 3.00 bits per heavy atom. The average Bonchev–Trinajstić information content (AvgIpc) is 2.96. The van der Waals surface area contributed by atoms with E-state index >= 15 is 0 Å². The molecule has 0 unspecified atom stereocenters. The number of carbonyl (C=O) groups excluding carboxylic acids is 1. The van der Waals surface area contributed by atoms with Gasteiger partial charge in [0.1, 0.15) is 12.1 Å². The molecule has 0 saturated carbocycles. The first-order valence-electron chi connectivity index (χ1n) is 7.10. The van der Waals surface area contributed by atoms with E-state index in [1.807, 2.05) is 13.8 Å². The Morgan fingerprint density at radius 2 is 2.37 bits per heavy atom. The summed E-state index contributed by atoms with van der Waals surface area (Å²) in [6, 6.07) is 2.07. The number of aromatic nitrogens is 2. The lowest BCUT2D eigenvalue weighted by Crippen LogP contribution is -2.44. The topological polar surface area (TPSA) is 58.2 Å². The molecule has 2 saturated heterocycles. The third kappa shape index (κ3) is 2.52. The van der Waals surface area contributed by atoms with Gasteiger partial charge >= 0.3 is 5.97 Å². The highest BCUT2D eigenvalue weighted by atomic mass is 16.6. The number of aromatic amines is 1. The molecule has 2 aliphatic rings. The van der Waals surface area contributed by atoms with Crippen molar-refractivity contribution in [3.8, 4) is 0 Å². The van der Waals surface area contributed by atoms with Crippen molar-refractivity contribution in [2.45, 2.75) is 51.2 Å². The molecule has 1 aromatic heterocycles. The highest BCUT2D eigenvalue weighted by Crippen LogP contribution is 2.30. The highest BCUT2D eigenvalue weighted by Gasteiger charge is 2.38. The van der Waals surface area contributed by atoms with Crippen LogP contribution in [0.15, 0.2) is 6.07 Å². The Balaban J connectivity index is 1.70. The Hall–Kier alpha value is -1.36. The summed E-state index contributed by atoms with van der Waals surface area (Å²) in [5.74, 6) is 0.383. The molecule has 1 N–H and O–H groups in total. The lowest BCUT2D eigenvalue weighted by Gasteiger charge is -2.34. The van der Waals surface area contributed by atoms with Crippen LogP contribution in [0.5, 0.6) is 0 Å². The van der Waals surface area contributed by atoms with E-state index in [1.165, 1.54) is 0 Å². The lowest BCUT2D eigenvalue weighted by atomic mass is 9.93. The normalized spacial score (nSPS) is 32.5. The number of piperidine rings is 1. The van der Waals surface area contributed by atoms with Gasteiger partial charge in [-0.15, -0.1) is 0 Å². The van der Waals surface area contributed by atoms with Crippen LogP contribution in [0.4, 0.5) is 0 Å². The van der Waals surface area contributed by atoms with Crippen LogP contribution >= 0.6 is 0 Å². The zero-order valence-corrected chi connectivity index (χ0v) is 11.6. The number of hydrogen-bond donors (Lipinski definition) is 1. The second-order valence-electron chi connectivity index (χ2n) is 5.81. The fraction of sp³-hybridized carbons (Fsp3) is 0.714. The van der Waals surface area contributed by atoms with E-state index in [1.54, 1.807) is 0 Å². The molecule has 5 nitrogen and oxygen atoms in total. The molecule has 0 aliphatic carbocycles. The summed E-state index contributed by atoms with van der Waals surface area (Å²) in [5, 5.41) is 7.37. The summed E-state index contributed by atoms with van der Waals surface area (Å²) < 4.78 is 5.27. The molecule has 0 amide bonds. The van der Waals surface area contributed by atoms with Crippen molar-refractivity contribution < 1.29 is 9.53 Å². The molecule has 3 heterocycles. The summed E-state index contributed by atoms with van der Waals surface area (Å²) in [4.78, 5) is 14.1. The maximum absolute atomic E-state index is 11.8. The molecule has 0 aromatic carbocycles. The number of carbonyl (C=O) groups is 1. The third-order valence-corrected chi connectivity index (χ3v) is 4.18. The monoisotopic (exact) mass is 263 g/mol. The average molecular weight is 263 g/mol. The Morgan fingerprint density at radius 1 is 1.53 bits per heavy atom. The van der Waals surface area contributed by atoms with Gasteiger partial charge in [0.2, 0.25) is 0 Å². The van der Waals surface area contributed by atoms with Crippen molar-refractivity contribution in [2.24, 2.45) is 0 Å². The summed E-state index contributed by atoms with van der Waals surface area (Å²) in [5.41, 5.74) is 2.22. The van der Waals surface area contributed by atoms with Gasteiger partial charge in [0.25, 0.3) is 0 Å². The first kappa shape index (κ1) is 12.7. The number of H-pyrrole nitrogens is 1. The molecule has 3 rings (SSSR count). The Bertz CT molecular complexity index is 471. The van der Waals surface area contributed by atoms with Crippen LogP contribution in [0.2, 0.25) is 0 Å². The van der Waals surface area contributed by atoms with Crippen LogP contribution in [0.1, 0.15) is 43.5 Å². The van der Waals surface area contributed by atoms with E-state index in [2.05, 4.69) is 21.2 Å². The molecule has 2 fully saturated rings. The maximum atomic E-state index is 11.8. The van der Waals surface area contributed by atoms with E-state index < -0.39 is 0 Å². The van der Waals surface area contributed by atoms with Crippen molar-refractivity contribution in [1.29, 1.82) is 0 Å². The maximum Gasteiger partial charge on any atom is 0.323 e. The van der Waals surface area contributed by atoms with Crippen molar-refractivity contribution in [2.75, 3.05) is 13.1 Å². The predicted octanol–water partition coefficient (Wildman–Crippen LogP) is 1.60. The third-order valence-electron chi connectivity index (χ3n) is 4.18. The summed E-state index contributed by atoms with van der Waals surface area (Å²) >= 11 is 0. The molecule has 0 radical (unpaired) electrons.